The Labute approximate surface area is 150 Å². The van der Waals surface area contributed by atoms with E-state index >= 15 is 0 Å². The molecule has 0 aliphatic rings. The van der Waals surface area contributed by atoms with E-state index in [1.54, 1.807) is 11.3 Å². The van der Waals surface area contributed by atoms with Crippen molar-refractivity contribution >= 4 is 23.1 Å². The Morgan fingerprint density at radius 2 is 1.88 bits per heavy atom. The third-order valence-electron chi connectivity index (χ3n) is 3.62. The van der Waals surface area contributed by atoms with E-state index in [4.69, 9.17) is 4.98 Å². The molecular weight excluding hydrogens is 338 g/mol. The Kier molecular flexibility index (Phi) is 5.01. The summed E-state index contributed by atoms with van der Waals surface area (Å²) in [5.41, 5.74) is 1.07. The van der Waals surface area contributed by atoms with Crippen LogP contribution >= 0.6 is 23.1 Å². The molecule has 5 nitrogen and oxygen atoms in total. The van der Waals surface area contributed by atoms with E-state index in [2.05, 4.69) is 55.0 Å². The van der Waals surface area contributed by atoms with Gasteiger partial charge in [-0.3, -0.25) is 0 Å². The molecule has 0 fully saturated rings. The Morgan fingerprint density at radius 1 is 1.08 bits per heavy atom. The number of hydrogen-bond donors (Lipinski definition) is 0. The van der Waals surface area contributed by atoms with Gasteiger partial charge in [-0.2, -0.15) is 0 Å². The summed E-state index contributed by atoms with van der Waals surface area (Å²) in [4.78, 5) is 10.5. The van der Waals surface area contributed by atoms with Crippen molar-refractivity contribution in [3.63, 3.8) is 0 Å². The Hall–Kier alpha value is -1.73. The van der Waals surface area contributed by atoms with Gasteiger partial charge in [0.15, 0.2) is 11.0 Å². The van der Waals surface area contributed by atoms with Gasteiger partial charge < -0.3 is 4.57 Å². The predicted molar refractivity (Wildman–Crippen MR) is 98.6 cm³/mol. The van der Waals surface area contributed by atoms with Gasteiger partial charge in [0, 0.05) is 18.7 Å². The van der Waals surface area contributed by atoms with Crippen LogP contribution in [0.2, 0.25) is 0 Å². The molecule has 24 heavy (non-hydrogen) atoms. The SMILES string of the molecule is CC(C)c1cc(Sc2nnc(-c3cccs3)n2C)nc(C(C)C)n1. The van der Waals surface area contributed by atoms with Crippen LogP contribution in [-0.4, -0.2) is 24.7 Å². The summed E-state index contributed by atoms with van der Waals surface area (Å²) in [6.45, 7) is 8.53. The van der Waals surface area contributed by atoms with Crippen molar-refractivity contribution in [2.45, 2.75) is 49.7 Å². The maximum Gasteiger partial charge on any atom is 0.197 e. The van der Waals surface area contributed by atoms with E-state index < -0.39 is 0 Å². The van der Waals surface area contributed by atoms with E-state index in [0.29, 0.717) is 11.8 Å². The van der Waals surface area contributed by atoms with Crippen LogP contribution in [0.3, 0.4) is 0 Å². The summed E-state index contributed by atoms with van der Waals surface area (Å²) in [5.74, 6) is 2.43. The second-order valence-electron chi connectivity index (χ2n) is 6.24. The normalized spacial score (nSPS) is 11.6. The van der Waals surface area contributed by atoms with Crippen LogP contribution in [0, 0.1) is 0 Å². The smallest absolute Gasteiger partial charge is 0.197 e. The minimum absolute atomic E-state index is 0.296. The van der Waals surface area contributed by atoms with Crippen molar-refractivity contribution in [2.24, 2.45) is 7.05 Å². The van der Waals surface area contributed by atoms with E-state index in [9.17, 15) is 0 Å². The molecule has 0 amide bonds. The molecular formula is C17H21N5S2. The van der Waals surface area contributed by atoms with Crippen LogP contribution in [0.15, 0.2) is 33.8 Å². The molecule has 0 aromatic carbocycles. The minimum atomic E-state index is 0.296. The molecule has 0 saturated heterocycles. The zero-order valence-corrected chi connectivity index (χ0v) is 16.1. The summed E-state index contributed by atoms with van der Waals surface area (Å²) in [5, 5.41) is 12.5. The van der Waals surface area contributed by atoms with Crippen LogP contribution in [-0.2, 0) is 7.05 Å². The molecule has 3 aromatic heterocycles. The molecule has 0 N–H and O–H groups in total. The van der Waals surface area contributed by atoms with Crippen molar-refractivity contribution in [1.82, 2.24) is 24.7 Å². The van der Waals surface area contributed by atoms with Crippen LogP contribution in [0.4, 0.5) is 0 Å². The van der Waals surface area contributed by atoms with Gasteiger partial charge in [-0.25, -0.2) is 9.97 Å². The predicted octanol–water partition coefficient (Wildman–Crippen LogP) is 4.73. The van der Waals surface area contributed by atoms with Crippen LogP contribution in [0.1, 0.15) is 51.0 Å². The Balaban J connectivity index is 1.94. The van der Waals surface area contributed by atoms with E-state index in [-0.39, 0.29) is 0 Å². The largest absolute Gasteiger partial charge is 0.304 e. The molecule has 0 aliphatic carbocycles. The highest BCUT2D eigenvalue weighted by atomic mass is 32.2. The molecule has 3 aromatic rings. The lowest BCUT2D eigenvalue weighted by molar-refractivity contribution is 0.707. The lowest BCUT2D eigenvalue weighted by Gasteiger charge is -2.11. The van der Waals surface area contributed by atoms with Crippen molar-refractivity contribution in [3.05, 3.63) is 35.1 Å². The first kappa shape index (κ1) is 17.1. The average molecular weight is 360 g/mol. The van der Waals surface area contributed by atoms with E-state index in [0.717, 1.165) is 32.4 Å². The zero-order chi connectivity index (χ0) is 17.3. The number of aromatic nitrogens is 5. The van der Waals surface area contributed by atoms with Gasteiger partial charge in [0.05, 0.1) is 4.88 Å². The summed E-state index contributed by atoms with van der Waals surface area (Å²) in [6.07, 6.45) is 0. The topological polar surface area (TPSA) is 56.5 Å². The summed E-state index contributed by atoms with van der Waals surface area (Å²) in [6, 6.07) is 6.14. The van der Waals surface area contributed by atoms with Gasteiger partial charge >= 0.3 is 0 Å². The Morgan fingerprint density at radius 3 is 2.50 bits per heavy atom. The van der Waals surface area contributed by atoms with Gasteiger partial charge in [-0.05, 0) is 35.2 Å². The molecule has 7 heteroatoms. The zero-order valence-electron chi connectivity index (χ0n) is 14.5. The lowest BCUT2D eigenvalue weighted by atomic mass is 10.1. The van der Waals surface area contributed by atoms with Crippen LogP contribution in [0.5, 0.6) is 0 Å². The van der Waals surface area contributed by atoms with E-state index in [1.807, 2.05) is 23.1 Å². The van der Waals surface area contributed by atoms with Gasteiger partial charge in [0.2, 0.25) is 0 Å². The van der Waals surface area contributed by atoms with Gasteiger partial charge in [0.25, 0.3) is 0 Å². The maximum absolute atomic E-state index is 4.70. The number of rotatable bonds is 5. The highest BCUT2D eigenvalue weighted by molar-refractivity contribution is 7.99. The molecule has 126 valence electrons. The number of thiophene rings is 1. The third kappa shape index (κ3) is 3.52. The van der Waals surface area contributed by atoms with Crippen LogP contribution < -0.4 is 0 Å². The second kappa shape index (κ2) is 7.03. The maximum atomic E-state index is 4.70. The summed E-state index contributed by atoms with van der Waals surface area (Å²) >= 11 is 3.20. The first-order valence-electron chi connectivity index (χ1n) is 7.95. The highest BCUT2D eigenvalue weighted by Gasteiger charge is 2.16. The standard InChI is InChI=1S/C17H21N5S2/c1-10(2)12-9-14(19-15(18-12)11(3)4)24-17-21-20-16(22(17)5)13-7-6-8-23-13/h6-11H,1-5H3. The van der Waals surface area contributed by atoms with Crippen molar-refractivity contribution in [3.8, 4) is 10.7 Å². The summed E-state index contributed by atoms with van der Waals surface area (Å²) < 4.78 is 2.02. The average Bonchev–Trinajstić information content (AvgIpc) is 3.18. The molecule has 0 saturated carbocycles. The van der Waals surface area contributed by atoms with Gasteiger partial charge in [0.1, 0.15) is 10.9 Å². The molecule has 0 radical (unpaired) electrons. The second-order valence-corrected chi connectivity index (χ2v) is 8.18. The lowest BCUT2D eigenvalue weighted by Crippen LogP contribution is -2.04. The number of nitrogens with zero attached hydrogens (tertiary/aromatic N) is 5. The van der Waals surface area contributed by atoms with Gasteiger partial charge in [-0.1, -0.05) is 33.8 Å². The van der Waals surface area contributed by atoms with E-state index in [1.165, 1.54) is 11.8 Å². The minimum Gasteiger partial charge on any atom is -0.304 e. The first-order valence-corrected chi connectivity index (χ1v) is 9.65. The molecule has 3 heterocycles. The fourth-order valence-corrected chi connectivity index (χ4v) is 3.74. The summed E-state index contributed by atoms with van der Waals surface area (Å²) in [7, 11) is 1.99. The fraction of sp³-hybridized carbons (Fsp3) is 0.412. The van der Waals surface area contributed by atoms with Crippen molar-refractivity contribution < 1.29 is 0 Å². The highest BCUT2D eigenvalue weighted by Crippen LogP contribution is 2.31. The van der Waals surface area contributed by atoms with Crippen molar-refractivity contribution in [1.29, 1.82) is 0 Å². The monoisotopic (exact) mass is 359 g/mol. The fourth-order valence-electron chi connectivity index (χ4n) is 2.19. The van der Waals surface area contributed by atoms with Crippen molar-refractivity contribution in [2.75, 3.05) is 0 Å². The molecule has 0 spiro atoms. The number of hydrogen-bond acceptors (Lipinski definition) is 6. The molecule has 0 unspecified atom stereocenters. The first-order chi connectivity index (χ1) is 11.5. The quantitative estimate of drug-likeness (QED) is 0.616. The Bertz CT molecular complexity index is 795. The van der Waals surface area contributed by atoms with Crippen LogP contribution in [0.25, 0.3) is 10.7 Å². The molecule has 0 aliphatic heterocycles. The molecule has 3 rings (SSSR count). The third-order valence-corrected chi connectivity index (χ3v) is 5.44. The molecule has 0 bridgehead atoms. The van der Waals surface area contributed by atoms with Gasteiger partial charge in [-0.15, -0.1) is 21.5 Å². The molecule has 0 atom stereocenters.